The van der Waals surface area contributed by atoms with E-state index in [-0.39, 0.29) is 0 Å². The number of ketones is 1. The van der Waals surface area contributed by atoms with E-state index in [1.807, 2.05) is 0 Å². The lowest BCUT2D eigenvalue weighted by atomic mass is 10.0. The molecule has 0 aliphatic rings. The summed E-state index contributed by atoms with van der Waals surface area (Å²) >= 11 is 0. The molecule has 0 spiro atoms. The number of hydrogen-bond donors (Lipinski definition) is 1. The Morgan fingerprint density at radius 2 is 0.913 bits per heavy atom. The maximum absolute atomic E-state index is 11.5. The molecule has 0 unspecified atom stereocenters. The Bertz CT molecular complexity index is 287. The van der Waals surface area contributed by atoms with E-state index >= 15 is 0 Å². The maximum atomic E-state index is 11.5. The first-order valence-electron chi connectivity index (χ1n) is 9.90. The molecule has 0 heterocycles. The lowest BCUT2D eigenvalue weighted by Gasteiger charge is -2.03. The second-order valence-corrected chi connectivity index (χ2v) is 6.78. The van der Waals surface area contributed by atoms with Gasteiger partial charge in [0.05, 0.1) is 0 Å². The molecular weight excluding hydrogens is 288 g/mol. The summed E-state index contributed by atoms with van der Waals surface area (Å²) in [4.78, 5) is 21.9. The number of carboxylic acids is 1. The second-order valence-electron chi connectivity index (χ2n) is 6.78. The fourth-order valence-electron chi connectivity index (χ4n) is 2.87. The van der Waals surface area contributed by atoms with Gasteiger partial charge < -0.3 is 5.11 Å². The van der Waals surface area contributed by atoms with Crippen LogP contribution >= 0.6 is 0 Å². The molecule has 136 valence electrons. The van der Waals surface area contributed by atoms with Crippen LogP contribution < -0.4 is 0 Å². The normalized spacial score (nSPS) is 10.8. The number of unbranched alkanes of at least 4 members (excludes halogenated alkanes) is 12. The van der Waals surface area contributed by atoms with E-state index in [2.05, 4.69) is 6.92 Å². The average Bonchev–Trinajstić information content (AvgIpc) is 2.52. The third-order valence-electron chi connectivity index (χ3n) is 4.41. The summed E-state index contributed by atoms with van der Waals surface area (Å²) < 4.78 is 0. The number of hydrogen-bond acceptors (Lipinski definition) is 2. The van der Waals surface area contributed by atoms with Crippen molar-refractivity contribution in [3.05, 3.63) is 0 Å². The summed E-state index contributed by atoms with van der Waals surface area (Å²) in [6.45, 7) is 2.13. The molecule has 0 bridgehead atoms. The Morgan fingerprint density at radius 3 is 1.30 bits per heavy atom. The molecule has 0 atom stereocenters. The summed E-state index contributed by atoms with van der Waals surface area (Å²) in [5.74, 6) is -0.217. The van der Waals surface area contributed by atoms with E-state index < -0.39 is 5.97 Å². The molecule has 0 aliphatic carbocycles. The molecule has 1 N–H and O–H groups in total. The first-order chi connectivity index (χ1) is 11.2. The highest BCUT2D eigenvalue weighted by atomic mass is 16.4. The van der Waals surface area contributed by atoms with Crippen LogP contribution in [0.15, 0.2) is 0 Å². The highest BCUT2D eigenvalue weighted by Gasteiger charge is 2.01. The molecule has 0 saturated heterocycles. The number of rotatable bonds is 18. The van der Waals surface area contributed by atoms with Gasteiger partial charge in [0.1, 0.15) is 5.78 Å². The van der Waals surface area contributed by atoms with Gasteiger partial charge in [-0.05, 0) is 19.3 Å². The minimum Gasteiger partial charge on any atom is -0.481 e. The van der Waals surface area contributed by atoms with Gasteiger partial charge >= 0.3 is 5.97 Å². The quantitative estimate of drug-likeness (QED) is 0.301. The van der Waals surface area contributed by atoms with Crippen LogP contribution in [-0.2, 0) is 9.59 Å². The van der Waals surface area contributed by atoms with Crippen LogP contribution in [0.4, 0.5) is 0 Å². The number of Topliss-reactive ketones (excluding diaryl/α,β-unsaturated/α-hetero) is 1. The molecule has 0 aromatic carbocycles. The Balaban J connectivity index is 3.08. The zero-order chi connectivity index (χ0) is 17.2. The van der Waals surface area contributed by atoms with Gasteiger partial charge in [-0.3, -0.25) is 9.59 Å². The minimum absolute atomic E-state index is 0.324. The summed E-state index contributed by atoms with van der Waals surface area (Å²) in [5, 5.41) is 8.54. The van der Waals surface area contributed by atoms with Crippen LogP contribution in [0.1, 0.15) is 116 Å². The molecule has 0 rings (SSSR count). The summed E-state index contributed by atoms with van der Waals surface area (Å²) in [6.07, 6.45) is 18.5. The highest BCUT2D eigenvalue weighted by Crippen LogP contribution is 2.13. The predicted molar refractivity (Wildman–Crippen MR) is 96.8 cm³/mol. The third kappa shape index (κ3) is 19.1. The molecule has 3 heteroatoms. The van der Waals surface area contributed by atoms with Gasteiger partial charge in [0, 0.05) is 19.3 Å². The molecule has 0 radical (unpaired) electrons. The van der Waals surface area contributed by atoms with E-state index in [4.69, 9.17) is 5.11 Å². The Labute approximate surface area is 143 Å². The molecule has 0 aromatic rings. The van der Waals surface area contributed by atoms with Crippen molar-refractivity contribution < 1.29 is 14.7 Å². The molecule has 3 nitrogen and oxygen atoms in total. The Kier molecular flexibility index (Phi) is 16.8. The lowest BCUT2D eigenvalue weighted by molar-refractivity contribution is -0.137. The summed E-state index contributed by atoms with van der Waals surface area (Å²) in [7, 11) is 0. The van der Waals surface area contributed by atoms with Gasteiger partial charge in [0.15, 0.2) is 0 Å². The van der Waals surface area contributed by atoms with Gasteiger partial charge in [-0.1, -0.05) is 77.6 Å². The van der Waals surface area contributed by atoms with Crippen molar-refractivity contribution in [3.63, 3.8) is 0 Å². The van der Waals surface area contributed by atoms with Gasteiger partial charge in [-0.15, -0.1) is 0 Å². The van der Waals surface area contributed by atoms with Gasteiger partial charge in [-0.2, -0.15) is 0 Å². The molecule has 0 aromatic heterocycles. The van der Waals surface area contributed by atoms with Gasteiger partial charge in [0.2, 0.25) is 0 Å². The topological polar surface area (TPSA) is 54.4 Å². The van der Waals surface area contributed by atoms with Crippen molar-refractivity contribution >= 4 is 11.8 Å². The van der Waals surface area contributed by atoms with Crippen molar-refractivity contribution in [2.24, 2.45) is 0 Å². The van der Waals surface area contributed by atoms with Crippen molar-refractivity contribution in [2.45, 2.75) is 116 Å². The Morgan fingerprint density at radius 1 is 0.565 bits per heavy atom. The predicted octanol–water partition coefficient (Wildman–Crippen LogP) is 6.29. The second kappa shape index (κ2) is 17.5. The number of carbonyl (C=O) groups excluding carboxylic acids is 1. The van der Waals surface area contributed by atoms with E-state index in [1.54, 1.807) is 0 Å². The highest BCUT2D eigenvalue weighted by molar-refractivity contribution is 5.78. The van der Waals surface area contributed by atoms with Crippen molar-refractivity contribution in [3.8, 4) is 0 Å². The minimum atomic E-state index is -0.671. The SMILES string of the molecule is CCCCC(=O)CCCCCCCCCCCCCCC(=O)O. The zero-order valence-electron chi connectivity index (χ0n) is 15.3. The van der Waals surface area contributed by atoms with Gasteiger partial charge in [0.25, 0.3) is 0 Å². The van der Waals surface area contributed by atoms with E-state index in [9.17, 15) is 9.59 Å². The molecular formula is C20H38O3. The van der Waals surface area contributed by atoms with E-state index in [1.165, 1.54) is 57.8 Å². The number of carbonyl (C=O) groups is 2. The standard InChI is InChI=1S/C20H38O3/c1-2-3-16-19(21)17-14-12-10-8-6-4-5-7-9-11-13-15-18-20(22)23/h2-18H2,1H3,(H,22,23). The first-order valence-corrected chi connectivity index (χ1v) is 9.90. The molecule has 0 amide bonds. The van der Waals surface area contributed by atoms with E-state index in [0.29, 0.717) is 12.2 Å². The fourth-order valence-corrected chi connectivity index (χ4v) is 2.87. The van der Waals surface area contributed by atoms with Crippen LogP contribution in [-0.4, -0.2) is 16.9 Å². The van der Waals surface area contributed by atoms with Crippen LogP contribution in [0, 0.1) is 0 Å². The Hall–Kier alpha value is -0.860. The molecule has 0 aliphatic heterocycles. The van der Waals surface area contributed by atoms with Crippen molar-refractivity contribution in [2.75, 3.05) is 0 Å². The zero-order valence-corrected chi connectivity index (χ0v) is 15.3. The smallest absolute Gasteiger partial charge is 0.303 e. The van der Waals surface area contributed by atoms with Crippen LogP contribution in [0.3, 0.4) is 0 Å². The molecule has 0 saturated carbocycles. The van der Waals surface area contributed by atoms with Crippen LogP contribution in [0.25, 0.3) is 0 Å². The number of aliphatic carboxylic acids is 1. The van der Waals surface area contributed by atoms with Gasteiger partial charge in [-0.25, -0.2) is 0 Å². The maximum Gasteiger partial charge on any atom is 0.303 e. The average molecular weight is 327 g/mol. The summed E-state index contributed by atoms with van der Waals surface area (Å²) in [6, 6.07) is 0. The fraction of sp³-hybridized carbons (Fsp3) is 0.900. The third-order valence-corrected chi connectivity index (χ3v) is 4.41. The van der Waals surface area contributed by atoms with E-state index in [0.717, 1.165) is 44.9 Å². The molecule has 23 heavy (non-hydrogen) atoms. The largest absolute Gasteiger partial charge is 0.481 e. The first kappa shape index (κ1) is 22.1. The monoisotopic (exact) mass is 326 g/mol. The summed E-state index contributed by atoms with van der Waals surface area (Å²) in [5.41, 5.74) is 0. The van der Waals surface area contributed by atoms with Crippen LogP contribution in [0.2, 0.25) is 0 Å². The molecule has 0 fully saturated rings. The van der Waals surface area contributed by atoms with Crippen molar-refractivity contribution in [1.29, 1.82) is 0 Å². The van der Waals surface area contributed by atoms with Crippen molar-refractivity contribution in [1.82, 2.24) is 0 Å². The van der Waals surface area contributed by atoms with Crippen LogP contribution in [0.5, 0.6) is 0 Å². The number of carboxylic acid groups (broad SMARTS) is 1. The lowest BCUT2D eigenvalue weighted by Crippen LogP contribution is -1.96.